The fourth-order valence-corrected chi connectivity index (χ4v) is 5.27. The number of anilines is 2. The van der Waals surface area contributed by atoms with Gasteiger partial charge in [-0.25, -0.2) is 19.0 Å². The largest absolute Gasteiger partial charge is 0.386 e. The highest BCUT2D eigenvalue weighted by Crippen LogP contribution is 2.28. The van der Waals surface area contributed by atoms with E-state index in [4.69, 9.17) is 35.4 Å². The van der Waals surface area contributed by atoms with Crippen molar-refractivity contribution < 1.29 is 5.11 Å². The summed E-state index contributed by atoms with van der Waals surface area (Å²) in [6, 6.07) is 17.6. The SMILES string of the molecule is CC[C@H]([C@H](O)c1ccc(Cl)cc1)n1ncn(-c2ccc(N3CCN(C(=S)Nc4ccc(Cl)cc4)CC3)nc2)c1=O. The number of hydrogen-bond acceptors (Lipinski definition) is 6. The Labute approximate surface area is 247 Å². The predicted octanol–water partition coefficient (Wildman–Crippen LogP) is 4.94. The summed E-state index contributed by atoms with van der Waals surface area (Å²) in [5.41, 5.74) is 1.83. The molecule has 2 atom stereocenters. The molecule has 0 bridgehead atoms. The second-order valence-corrected chi connectivity index (χ2v) is 10.7. The summed E-state index contributed by atoms with van der Waals surface area (Å²) < 4.78 is 2.76. The molecule has 0 radical (unpaired) electrons. The topological polar surface area (TPSA) is 91.4 Å². The Morgan fingerprint density at radius 1 is 1.00 bits per heavy atom. The van der Waals surface area contributed by atoms with Gasteiger partial charge in [0.15, 0.2) is 5.11 Å². The molecule has 0 spiro atoms. The fraction of sp³-hybridized carbons (Fsp3) is 0.286. The summed E-state index contributed by atoms with van der Waals surface area (Å²) >= 11 is 17.5. The third-order valence-electron chi connectivity index (χ3n) is 7.00. The van der Waals surface area contributed by atoms with Crippen molar-refractivity contribution in [3.8, 4) is 5.69 Å². The Morgan fingerprint density at radius 2 is 1.65 bits per heavy atom. The summed E-state index contributed by atoms with van der Waals surface area (Å²) in [6.45, 7) is 4.93. The van der Waals surface area contributed by atoms with E-state index in [2.05, 4.69) is 25.2 Å². The van der Waals surface area contributed by atoms with Crippen LogP contribution in [0.3, 0.4) is 0 Å². The molecule has 5 rings (SSSR count). The van der Waals surface area contributed by atoms with Crippen molar-refractivity contribution in [2.24, 2.45) is 0 Å². The van der Waals surface area contributed by atoms with E-state index in [9.17, 15) is 9.90 Å². The minimum atomic E-state index is -0.906. The van der Waals surface area contributed by atoms with E-state index >= 15 is 0 Å². The van der Waals surface area contributed by atoms with Crippen molar-refractivity contribution in [1.82, 2.24) is 24.2 Å². The molecule has 4 aromatic rings. The quantitative estimate of drug-likeness (QED) is 0.289. The van der Waals surface area contributed by atoms with Crippen LogP contribution in [0.1, 0.15) is 31.1 Å². The van der Waals surface area contributed by atoms with Gasteiger partial charge >= 0.3 is 5.69 Å². The van der Waals surface area contributed by atoms with Gasteiger partial charge in [0.1, 0.15) is 18.2 Å². The molecular formula is C28H29Cl2N7O2S. The smallest absolute Gasteiger partial charge is 0.350 e. The normalized spacial score (nSPS) is 15.1. The lowest BCUT2D eigenvalue weighted by atomic mass is 10.0. The number of aliphatic hydroxyl groups is 1. The second-order valence-electron chi connectivity index (χ2n) is 9.49. The average molecular weight is 599 g/mol. The summed E-state index contributed by atoms with van der Waals surface area (Å²) in [4.78, 5) is 22.2. The molecule has 0 unspecified atom stereocenters. The molecule has 12 heteroatoms. The lowest BCUT2D eigenvalue weighted by molar-refractivity contribution is 0.101. The molecule has 1 fully saturated rings. The third-order valence-corrected chi connectivity index (χ3v) is 7.86. The van der Waals surface area contributed by atoms with Crippen LogP contribution in [0.25, 0.3) is 5.69 Å². The number of thiocarbonyl (C=S) groups is 1. The first-order valence-electron chi connectivity index (χ1n) is 13.0. The number of aromatic nitrogens is 4. The molecule has 0 amide bonds. The van der Waals surface area contributed by atoms with Crippen molar-refractivity contribution >= 4 is 52.0 Å². The number of benzene rings is 2. The molecule has 2 aromatic carbocycles. The highest BCUT2D eigenvalue weighted by molar-refractivity contribution is 7.80. The minimum Gasteiger partial charge on any atom is -0.386 e. The van der Waals surface area contributed by atoms with Gasteiger partial charge < -0.3 is 20.2 Å². The number of nitrogens with zero attached hydrogens (tertiary/aromatic N) is 6. The summed E-state index contributed by atoms with van der Waals surface area (Å²) in [6.07, 6.45) is 2.74. The molecule has 0 aliphatic carbocycles. The van der Waals surface area contributed by atoms with Crippen molar-refractivity contribution in [3.63, 3.8) is 0 Å². The zero-order valence-electron chi connectivity index (χ0n) is 21.8. The Bertz CT molecular complexity index is 1500. The van der Waals surface area contributed by atoms with Crippen LogP contribution in [0.15, 0.2) is 78.0 Å². The molecule has 40 heavy (non-hydrogen) atoms. The lowest BCUT2D eigenvalue weighted by Crippen LogP contribution is -2.50. The maximum atomic E-state index is 13.3. The van der Waals surface area contributed by atoms with Crippen LogP contribution in [0.4, 0.5) is 11.5 Å². The van der Waals surface area contributed by atoms with E-state index in [-0.39, 0.29) is 5.69 Å². The third kappa shape index (κ3) is 6.15. The molecule has 1 aliphatic rings. The van der Waals surface area contributed by atoms with E-state index < -0.39 is 12.1 Å². The summed E-state index contributed by atoms with van der Waals surface area (Å²) in [7, 11) is 0. The Balaban J connectivity index is 1.22. The van der Waals surface area contributed by atoms with E-state index in [1.807, 2.05) is 43.3 Å². The molecule has 3 heterocycles. The van der Waals surface area contributed by atoms with Gasteiger partial charge in [-0.15, -0.1) is 0 Å². The van der Waals surface area contributed by atoms with Crippen molar-refractivity contribution in [2.75, 3.05) is 36.4 Å². The number of nitrogens with one attached hydrogen (secondary N) is 1. The van der Waals surface area contributed by atoms with E-state index in [1.54, 1.807) is 30.5 Å². The molecule has 2 aromatic heterocycles. The monoisotopic (exact) mass is 597 g/mol. The van der Waals surface area contributed by atoms with Crippen molar-refractivity contribution in [3.05, 3.63) is 99.3 Å². The number of aliphatic hydroxyl groups excluding tert-OH is 1. The number of rotatable bonds is 7. The van der Waals surface area contributed by atoms with Crippen molar-refractivity contribution in [1.29, 1.82) is 0 Å². The Kier molecular flexibility index (Phi) is 8.70. The molecular weight excluding hydrogens is 569 g/mol. The maximum Gasteiger partial charge on any atom is 0.350 e. The van der Waals surface area contributed by atoms with Gasteiger partial charge in [-0.3, -0.25) is 0 Å². The van der Waals surface area contributed by atoms with Crippen LogP contribution in [0.5, 0.6) is 0 Å². The molecule has 2 N–H and O–H groups in total. The van der Waals surface area contributed by atoms with Crippen molar-refractivity contribution in [2.45, 2.75) is 25.5 Å². The molecule has 9 nitrogen and oxygen atoms in total. The van der Waals surface area contributed by atoms with E-state index in [1.165, 1.54) is 15.6 Å². The fourth-order valence-electron chi connectivity index (χ4n) is 4.72. The Morgan fingerprint density at radius 3 is 2.25 bits per heavy atom. The van der Waals surface area contributed by atoms with Gasteiger partial charge in [0.2, 0.25) is 0 Å². The lowest BCUT2D eigenvalue weighted by Gasteiger charge is -2.36. The van der Waals surface area contributed by atoms with Gasteiger partial charge in [0.05, 0.1) is 17.9 Å². The molecule has 208 valence electrons. The van der Waals surface area contributed by atoms with Gasteiger partial charge in [-0.1, -0.05) is 42.3 Å². The number of piperazine rings is 1. The minimum absolute atomic E-state index is 0.343. The average Bonchev–Trinajstić information content (AvgIpc) is 3.36. The first-order valence-corrected chi connectivity index (χ1v) is 14.1. The summed E-state index contributed by atoms with van der Waals surface area (Å²) in [5, 5.41) is 20.5. The molecule has 1 saturated heterocycles. The highest BCUT2D eigenvalue weighted by atomic mass is 35.5. The van der Waals surface area contributed by atoms with E-state index in [0.717, 1.165) is 37.7 Å². The number of halogens is 2. The second kappa shape index (κ2) is 12.4. The molecule has 1 aliphatic heterocycles. The van der Waals surface area contributed by atoms with Crippen LogP contribution in [0, 0.1) is 0 Å². The van der Waals surface area contributed by atoms with Gasteiger partial charge in [0, 0.05) is 41.9 Å². The van der Waals surface area contributed by atoms with Gasteiger partial charge in [-0.05, 0) is 72.7 Å². The van der Waals surface area contributed by atoms with Gasteiger partial charge in [-0.2, -0.15) is 5.10 Å². The molecule has 0 saturated carbocycles. The summed E-state index contributed by atoms with van der Waals surface area (Å²) in [5.74, 6) is 0.824. The zero-order chi connectivity index (χ0) is 28.2. The number of hydrogen-bond donors (Lipinski definition) is 2. The van der Waals surface area contributed by atoms with Crippen LogP contribution in [-0.2, 0) is 0 Å². The highest BCUT2D eigenvalue weighted by Gasteiger charge is 2.25. The first-order chi connectivity index (χ1) is 19.3. The van der Waals surface area contributed by atoms with Crippen LogP contribution < -0.4 is 15.9 Å². The number of pyridine rings is 1. The zero-order valence-corrected chi connectivity index (χ0v) is 24.1. The van der Waals surface area contributed by atoms with Crippen LogP contribution in [-0.4, -0.2) is 60.6 Å². The van der Waals surface area contributed by atoms with Gasteiger partial charge in [0.25, 0.3) is 0 Å². The standard InChI is InChI=1S/C28H29Cl2N7O2S/c1-2-24(26(38)19-3-5-20(29)6-4-19)37-28(39)36(18-32-37)23-11-12-25(31-17-23)34-13-15-35(16-14-34)27(40)33-22-9-7-21(30)8-10-22/h3-12,17-18,24,26,38H,2,13-16H2,1H3,(H,33,40)/t24-,26-/m1/s1. The first kappa shape index (κ1) is 28.1. The van der Waals surface area contributed by atoms with Crippen LogP contribution in [0.2, 0.25) is 10.0 Å². The van der Waals surface area contributed by atoms with E-state index in [0.29, 0.717) is 32.8 Å². The Hall–Kier alpha value is -3.44. The maximum absolute atomic E-state index is 13.3. The van der Waals surface area contributed by atoms with Crippen LogP contribution >= 0.6 is 35.4 Å². The predicted molar refractivity (Wildman–Crippen MR) is 163 cm³/mol.